The average Bonchev–Trinajstić information content (AvgIpc) is 2.50. The molecule has 0 fully saturated rings. The second kappa shape index (κ2) is 6.88. The predicted octanol–water partition coefficient (Wildman–Crippen LogP) is 3.20. The summed E-state index contributed by atoms with van der Waals surface area (Å²) in [6.07, 6.45) is -0.540. The Morgan fingerprint density at radius 1 is 1.27 bits per heavy atom. The molecular weight excluding hydrogens is 276 g/mol. The van der Waals surface area contributed by atoms with E-state index in [-0.39, 0.29) is 11.8 Å². The summed E-state index contributed by atoms with van der Waals surface area (Å²) in [6.45, 7) is 8.66. The Labute approximate surface area is 131 Å². The first-order valence-corrected chi connectivity index (χ1v) is 7.81. The van der Waals surface area contributed by atoms with E-state index in [0.29, 0.717) is 18.7 Å². The Kier molecular flexibility index (Phi) is 5.14. The second-order valence-electron chi connectivity index (χ2n) is 5.96. The summed E-state index contributed by atoms with van der Waals surface area (Å²) in [7, 11) is 0. The van der Waals surface area contributed by atoms with Crippen LogP contribution in [0.25, 0.3) is 10.9 Å². The van der Waals surface area contributed by atoms with Crippen molar-refractivity contribution in [3.8, 4) is 0 Å². The van der Waals surface area contributed by atoms with Crippen LogP contribution in [-0.2, 0) is 0 Å². The zero-order valence-electron chi connectivity index (χ0n) is 13.7. The van der Waals surface area contributed by atoms with Crippen LogP contribution in [-0.4, -0.2) is 40.1 Å². The first-order valence-electron chi connectivity index (χ1n) is 7.81. The van der Waals surface area contributed by atoms with Crippen LogP contribution in [0.2, 0.25) is 0 Å². The van der Waals surface area contributed by atoms with Gasteiger partial charge < -0.3 is 10.0 Å². The lowest BCUT2D eigenvalue weighted by molar-refractivity contribution is 0.0662. The molecule has 1 atom stereocenters. The van der Waals surface area contributed by atoms with Gasteiger partial charge in [0, 0.05) is 24.2 Å². The van der Waals surface area contributed by atoms with Gasteiger partial charge in [-0.05, 0) is 31.9 Å². The molecule has 0 aliphatic carbocycles. The normalized spacial score (nSPS) is 12.6. The lowest BCUT2D eigenvalue weighted by Gasteiger charge is -2.23. The number of aromatic nitrogens is 1. The van der Waals surface area contributed by atoms with Gasteiger partial charge in [-0.2, -0.15) is 0 Å². The number of hydrogen-bond donors (Lipinski definition) is 1. The standard InChI is InChI=1S/C18H24N2O2/c1-5-20(11-13(4)21)18(22)15-10-17(12(2)3)19-16-9-7-6-8-14(15)16/h6-10,12-13,21H,5,11H2,1-4H3/t13-/m0/s1. The molecule has 1 amide bonds. The Hall–Kier alpha value is -1.94. The highest BCUT2D eigenvalue weighted by Gasteiger charge is 2.20. The second-order valence-corrected chi connectivity index (χ2v) is 5.96. The lowest BCUT2D eigenvalue weighted by atomic mass is 10.0. The maximum Gasteiger partial charge on any atom is 0.254 e. The number of pyridine rings is 1. The Bertz CT molecular complexity index is 665. The highest BCUT2D eigenvalue weighted by atomic mass is 16.3. The number of carbonyl (C=O) groups excluding carboxylic acids is 1. The molecule has 1 N–H and O–H groups in total. The average molecular weight is 300 g/mol. The molecule has 1 aromatic carbocycles. The minimum atomic E-state index is -0.540. The third-order valence-electron chi connectivity index (χ3n) is 3.71. The molecule has 4 nitrogen and oxygen atoms in total. The van der Waals surface area contributed by atoms with Gasteiger partial charge in [-0.3, -0.25) is 9.78 Å². The van der Waals surface area contributed by atoms with Crippen LogP contribution in [0.5, 0.6) is 0 Å². The topological polar surface area (TPSA) is 53.4 Å². The third-order valence-corrected chi connectivity index (χ3v) is 3.71. The molecule has 2 rings (SSSR count). The van der Waals surface area contributed by atoms with E-state index in [1.165, 1.54) is 0 Å². The van der Waals surface area contributed by atoms with Crippen LogP contribution >= 0.6 is 0 Å². The highest BCUT2D eigenvalue weighted by Crippen LogP contribution is 2.23. The van der Waals surface area contributed by atoms with Gasteiger partial charge >= 0.3 is 0 Å². The summed E-state index contributed by atoms with van der Waals surface area (Å²) in [6, 6.07) is 9.60. The van der Waals surface area contributed by atoms with Crippen LogP contribution in [0.1, 0.15) is 49.7 Å². The quantitative estimate of drug-likeness (QED) is 0.922. The van der Waals surface area contributed by atoms with Crippen LogP contribution < -0.4 is 0 Å². The number of amides is 1. The van der Waals surface area contributed by atoms with Crippen molar-refractivity contribution in [1.29, 1.82) is 0 Å². The number of aliphatic hydroxyl groups is 1. The van der Waals surface area contributed by atoms with E-state index in [4.69, 9.17) is 0 Å². The first-order chi connectivity index (χ1) is 10.4. The van der Waals surface area contributed by atoms with Crippen LogP contribution in [0.15, 0.2) is 30.3 Å². The summed E-state index contributed by atoms with van der Waals surface area (Å²) < 4.78 is 0. The van der Waals surface area contributed by atoms with Crippen molar-refractivity contribution in [2.24, 2.45) is 0 Å². The maximum absolute atomic E-state index is 12.9. The van der Waals surface area contributed by atoms with Gasteiger partial charge in [-0.1, -0.05) is 32.0 Å². The Balaban J connectivity index is 2.54. The number of benzene rings is 1. The van der Waals surface area contributed by atoms with Gasteiger partial charge in [0.15, 0.2) is 0 Å². The fourth-order valence-electron chi connectivity index (χ4n) is 2.51. The minimum absolute atomic E-state index is 0.0519. The van der Waals surface area contributed by atoms with Crippen molar-refractivity contribution in [1.82, 2.24) is 9.88 Å². The van der Waals surface area contributed by atoms with Crippen molar-refractivity contribution < 1.29 is 9.90 Å². The van der Waals surface area contributed by atoms with Crippen molar-refractivity contribution in [3.05, 3.63) is 41.6 Å². The molecule has 0 bridgehead atoms. The van der Waals surface area contributed by atoms with Gasteiger partial charge in [0.1, 0.15) is 0 Å². The van der Waals surface area contributed by atoms with Gasteiger partial charge in [-0.15, -0.1) is 0 Å². The summed E-state index contributed by atoms with van der Waals surface area (Å²) in [5.41, 5.74) is 2.41. The van der Waals surface area contributed by atoms with Gasteiger partial charge in [-0.25, -0.2) is 0 Å². The molecule has 4 heteroatoms. The molecule has 1 heterocycles. The number of aliphatic hydroxyl groups excluding tert-OH is 1. The Morgan fingerprint density at radius 2 is 1.95 bits per heavy atom. The molecule has 0 unspecified atom stereocenters. The summed E-state index contributed by atoms with van der Waals surface area (Å²) in [4.78, 5) is 19.2. The zero-order chi connectivity index (χ0) is 16.3. The number of para-hydroxylation sites is 1. The zero-order valence-corrected chi connectivity index (χ0v) is 13.7. The van der Waals surface area contributed by atoms with Crippen molar-refractivity contribution >= 4 is 16.8 Å². The van der Waals surface area contributed by atoms with E-state index in [0.717, 1.165) is 16.6 Å². The maximum atomic E-state index is 12.9. The fraction of sp³-hybridized carbons (Fsp3) is 0.444. The summed E-state index contributed by atoms with van der Waals surface area (Å²) in [5, 5.41) is 10.5. The van der Waals surface area contributed by atoms with Crippen LogP contribution in [0.3, 0.4) is 0 Å². The molecule has 0 aliphatic heterocycles. The van der Waals surface area contributed by atoms with Crippen LogP contribution in [0, 0.1) is 0 Å². The molecule has 22 heavy (non-hydrogen) atoms. The molecule has 0 aliphatic rings. The number of carbonyl (C=O) groups is 1. The molecular formula is C18H24N2O2. The number of likely N-dealkylation sites (N-methyl/N-ethyl adjacent to an activating group) is 1. The minimum Gasteiger partial charge on any atom is -0.392 e. The van der Waals surface area contributed by atoms with Crippen molar-refractivity contribution in [2.45, 2.75) is 39.7 Å². The summed E-state index contributed by atoms with van der Waals surface area (Å²) >= 11 is 0. The number of nitrogens with zero attached hydrogens (tertiary/aromatic N) is 2. The van der Waals surface area contributed by atoms with Gasteiger partial charge in [0.25, 0.3) is 5.91 Å². The monoisotopic (exact) mass is 300 g/mol. The molecule has 0 spiro atoms. The van der Waals surface area contributed by atoms with Crippen LogP contribution in [0.4, 0.5) is 0 Å². The Morgan fingerprint density at radius 3 is 2.55 bits per heavy atom. The smallest absolute Gasteiger partial charge is 0.254 e. The van der Waals surface area contributed by atoms with E-state index >= 15 is 0 Å². The largest absolute Gasteiger partial charge is 0.392 e. The number of rotatable bonds is 5. The van der Waals surface area contributed by atoms with E-state index in [9.17, 15) is 9.90 Å². The summed E-state index contributed by atoms with van der Waals surface area (Å²) in [5.74, 6) is 0.201. The third kappa shape index (κ3) is 3.45. The number of hydrogen-bond acceptors (Lipinski definition) is 3. The van der Waals surface area contributed by atoms with E-state index in [2.05, 4.69) is 18.8 Å². The molecule has 1 aromatic heterocycles. The SMILES string of the molecule is CCN(C[C@H](C)O)C(=O)c1cc(C(C)C)nc2ccccc12. The van der Waals surface area contributed by atoms with E-state index < -0.39 is 6.10 Å². The number of fused-ring (bicyclic) bond motifs is 1. The predicted molar refractivity (Wildman–Crippen MR) is 89.1 cm³/mol. The highest BCUT2D eigenvalue weighted by molar-refractivity contribution is 6.06. The van der Waals surface area contributed by atoms with Crippen molar-refractivity contribution in [2.75, 3.05) is 13.1 Å². The van der Waals surface area contributed by atoms with Crippen molar-refractivity contribution in [3.63, 3.8) is 0 Å². The molecule has 2 aromatic rings. The van der Waals surface area contributed by atoms with E-state index in [1.54, 1.807) is 11.8 Å². The van der Waals surface area contributed by atoms with Gasteiger partial charge in [0.05, 0.1) is 17.2 Å². The fourth-order valence-corrected chi connectivity index (χ4v) is 2.51. The molecule has 0 saturated heterocycles. The van der Waals surface area contributed by atoms with Gasteiger partial charge in [0.2, 0.25) is 0 Å². The lowest BCUT2D eigenvalue weighted by Crippen LogP contribution is -2.36. The first kappa shape index (κ1) is 16.4. The molecule has 0 radical (unpaired) electrons. The molecule has 0 saturated carbocycles. The molecule has 118 valence electrons. The van der Waals surface area contributed by atoms with E-state index in [1.807, 2.05) is 37.3 Å².